The second-order valence-corrected chi connectivity index (χ2v) is 3.59. The summed E-state index contributed by atoms with van der Waals surface area (Å²) in [7, 11) is 0. The van der Waals surface area contributed by atoms with E-state index in [1.807, 2.05) is 6.26 Å². The maximum atomic E-state index is 9.06. The highest BCUT2D eigenvalue weighted by atomic mass is 35.5. The summed E-state index contributed by atoms with van der Waals surface area (Å²) in [5.74, 6) is 0. The summed E-state index contributed by atoms with van der Waals surface area (Å²) < 4.78 is 0. The van der Waals surface area contributed by atoms with E-state index in [2.05, 4.69) is 17.2 Å². The minimum Gasteiger partial charge on any atom is -0.497 e. The third-order valence-corrected chi connectivity index (χ3v) is 2.71. The molecular formula is C7H6ClNOS2. The Bertz CT molecular complexity index is 316. The third kappa shape index (κ3) is 1.88. The average Bonchev–Trinajstić information content (AvgIpc) is 2.03. The first-order valence-electron chi connectivity index (χ1n) is 3.08. The fraction of sp³-hybridized carbons (Fsp3) is 0.143. The molecule has 1 aromatic rings. The molecule has 0 saturated heterocycles. The normalized spacial score (nSPS) is 9.83. The number of thioether (sulfide) groups is 1. The van der Waals surface area contributed by atoms with Crippen LogP contribution in [0.1, 0.15) is 5.69 Å². The number of hydrogen-bond acceptors (Lipinski definition) is 3. The number of hydrogen-bond donors (Lipinski definition) is 1. The summed E-state index contributed by atoms with van der Waals surface area (Å²) in [6.07, 6.45) is 3.37. The van der Waals surface area contributed by atoms with E-state index in [1.165, 1.54) is 18.0 Å². The van der Waals surface area contributed by atoms with Crippen LogP contribution in [0.3, 0.4) is 0 Å². The highest BCUT2D eigenvalue weighted by Crippen LogP contribution is 2.27. The third-order valence-electron chi connectivity index (χ3n) is 1.26. The van der Waals surface area contributed by atoms with E-state index in [9.17, 15) is 0 Å². The molecule has 0 aliphatic heterocycles. The molecule has 0 aliphatic rings. The largest absolute Gasteiger partial charge is 0.497 e. The smallest absolute Gasteiger partial charge is 0.208 e. The van der Waals surface area contributed by atoms with E-state index in [1.54, 1.807) is 6.07 Å². The van der Waals surface area contributed by atoms with Crippen molar-refractivity contribution in [1.29, 1.82) is 0 Å². The summed E-state index contributed by atoms with van der Waals surface area (Å²) in [5, 5.41) is 9.40. The first kappa shape index (κ1) is 9.77. The van der Waals surface area contributed by atoms with Gasteiger partial charge >= 0.3 is 0 Å². The average molecular weight is 220 g/mol. The van der Waals surface area contributed by atoms with E-state index in [4.69, 9.17) is 16.7 Å². The molecule has 2 nitrogen and oxygen atoms in total. The van der Waals surface area contributed by atoms with E-state index < -0.39 is 0 Å². The van der Waals surface area contributed by atoms with Crippen LogP contribution in [-0.2, 0) is 0 Å². The molecule has 1 N–H and O–H groups in total. The number of aliphatic hydroxyl groups is 1. The van der Waals surface area contributed by atoms with Crippen LogP contribution in [0.15, 0.2) is 17.2 Å². The zero-order chi connectivity index (χ0) is 9.14. The van der Waals surface area contributed by atoms with Crippen LogP contribution >= 0.6 is 35.6 Å². The lowest BCUT2D eigenvalue weighted by Gasteiger charge is -2.04. The number of thiocarbonyl (C=S) groups is 1. The van der Waals surface area contributed by atoms with Crippen molar-refractivity contribution in [3.8, 4) is 0 Å². The van der Waals surface area contributed by atoms with Crippen molar-refractivity contribution in [3.05, 3.63) is 23.0 Å². The van der Waals surface area contributed by atoms with E-state index >= 15 is 0 Å². The molecule has 0 bridgehead atoms. The minimum absolute atomic E-state index is 0.221. The maximum Gasteiger partial charge on any atom is 0.208 e. The number of pyridine rings is 1. The Morgan fingerprint density at radius 1 is 1.75 bits per heavy atom. The molecule has 0 spiro atoms. The van der Waals surface area contributed by atoms with Crippen LogP contribution in [0.5, 0.6) is 0 Å². The number of aliphatic hydroxyl groups excluding tert-OH is 1. The van der Waals surface area contributed by atoms with E-state index in [0.717, 1.165) is 0 Å². The van der Waals surface area contributed by atoms with Crippen molar-refractivity contribution in [2.45, 2.75) is 4.90 Å². The summed E-state index contributed by atoms with van der Waals surface area (Å²) in [4.78, 5) is 4.63. The Morgan fingerprint density at radius 3 is 2.83 bits per heavy atom. The maximum absolute atomic E-state index is 9.06. The topological polar surface area (TPSA) is 33.1 Å². The molecule has 0 amide bonds. The summed E-state index contributed by atoms with van der Waals surface area (Å²) in [5.41, 5.74) is 0.380. The molecule has 0 aromatic carbocycles. The Labute approximate surface area is 85.0 Å². The lowest BCUT2D eigenvalue weighted by Crippen LogP contribution is -2.00. The van der Waals surface area contributed by atoms with Gasteiger partial charge in [0, 0.05) is 6.20 Å². The molecule has 0 unspecified atom stereocenters. The predicted octanol–water partition coefficient (Wildman–Crippen LogP) is 2.69. The van der Waals surface area contributed by atoms with Crippen molar-refractivity contribution in [1.82, 2.24) is 4.98 Å². The summed E-state index contributed by atoms with van der Waals surface area (Å²) in [6, 6.07) is 1.66. The van der Waals surface area contributed by atoms with Gasteiger partial charge in [0.05, 0.1) is 9.92 Å². The van der Waals surface area contributed by atoms with Gasteiger partial charge in [-0.3, -0.25) is 4.98 Å². The molecule has 0 atom stereocenters. The second kappa shape index (κ2) is 4.07. The van der Waals surface area contributed by atoms with Crippen LogP contribution in [0, 0.1) is 0 Å². The molecule has 0 aliphatic carbocycles. The fourth-order valence-electron chi connectivity index (χ4n) is 0.771. The van der Waals surface area contributed by atoms with Gasteiger partial charge in [0.2, 0.25) is 5.05 Å². The number of rotatable bonds is 2. The number of nitrogens with zero attached hydrogens (tertiary/aromatic N) is 1. The van der Waals surface area contributed by atoms with Gasteiger partial charge in [-0.1, -0.05) is 11.6 Å². The summed E-state index contributed by atoms with van der Waals surface area (Å²) >= 11 is 11.8. The van der Waals surface area contributed by atoms with Crippen LogP contribution in [0.2, 0.25) is 5.02 Å². The predicted molar refractivity (Wildman–Crippen MR) is 55.4 cm³/mol. The first-order chi connectivity index (χ1) is 5.66. The fourth-order valence-corrected chi connectivity index (χ4v) is 1.97. The van der Waals surface area contributed by atoms with Crippen molar-refractivity contribution < 1.29 is 5.11 Å². The van der Waals surface area contributed by atoms with Gasteiger partial charge in [0.1, 0.15) is 5.69 Å². The molecule has 0 saturated carbocycles. The molecule has 0 radical (unpaired) electrons. The van der Waals surface area contributed by atoms with Crippen molar-refractivity contribution in [2.24, 2.45) is 0 Å². The molecule has 64 valence electrons. The molecule has 1 heterocycles. The molecule has 1 rings (SSSR count). The summed E-state index contributed by atoms with van der Waals surface area (Å²) in [6.45, 7) is 0. The highest BCUT2D eigenvalue weighted by molar-refractivity contribution is 7.98. The zero-order valence-electron chi connectivity index (χ0n) is 6.24. The van der Waals surface area contributed by atoms with E-state index in [0.29, 0.717) is 15.6 Å². The lowest BCUT2D eigenvalue weighted by atomic mass is 10.4. The van der Waals surface area contributed by atoms with E-state index in [-0.39, 0.29) is 5.05 Å². The Morgan fingerprint density at radius 2 is 2.42 bits per heavy atom. The lowest BCUT2D eigenvalue weighted by molar-refractivity contribution is 0.566. The van der Waals surface area contributed by atoms with Crippen LogP contribution < -0.4 is 0 Å². The zero-order valence-corrected chi connectivity index (χ0v) is 8.63. The van der Waals surface area contributed by atoms with Gasteiger partial charge in [-0.2, -0.15) is 0 Å². The SMILES string of the molecule is CSc1c(Cl)ccnc1C(O)=S. The standard InChI is InChI=1S/C7H6ClNOS2/c1-12-6-4(8)2-3-9-5(6)7(10)11/h2-3H,1H3,(H,10,11). The molecule has 5 heteroatoms. The Balaban J connectivity index is 3.27. The molecule has 12 heavy (non-hydrogen) atoms. The molecule has 1 aromatic heterocycles. The van der Waals surface area contributed by atoms with Gasteiger partial charge < -0.3 is 5.11 Å². The number of aromatic nitrogens is 1. The quantitative estimate of drug-likeness (QED) is 0.613. The van der Waals surface area contributed by atoms with Crippen LogP contribution in [0.4, 0.5) is 0 Å². The van der Waals surface area contributed by atoms with Crippen LogP contribution in [0.25, 0.3) is 0 Å². The molecule has 0 fully saturated rings. The molecular weight excluding hydrogens is 214 g/mol. The second-order valence-electron chi connectivity index (χ2n) is 1.98. The first-order valence-corrected chi connectivity index (χ1v) is 5.09. The van der Waals surface area contributed by atoms with Gasteiger partial charge in [-0.15, -0.1) is 11.8 Å². The monoisotopic (exact) mass is 219 g/mol. The Kier molecular flexibility index (Phi) is 3.31. The van der Waals surface area contributed by atoms with Gasteiger partial charge in [0.15, 0.2) is 0 Å². The van der Waals surface area contributed by atoms with Crippen molar-refractivity contribution in [2.75, 3.05) is 6.26 Å². The highest BCUT2D eigenvalue weighted by Gasteiger charge is 2.10. The van der Waals surface area contributed by atoms with Crippen molar-refractivity contribution >= 4 is 40.6 Å². The van der Waals surface area contributed by atoms with Crippen LogP contribution in [-0.4, -0.2) is 21.4 Å². The number of halogens is 1. The van der Waals surface area contributed by atoms with Gasteiger partial charge in [-0.05, 0) is 24.5 Å². The Hall–Kier alpha value is -0.320. The minimum atomic E-state index is -0.221. The van der Waals surface area contributed by atoms with Crippen molar-refractivity contribution in [3.63, 3.8) is 0 Å². The van der Waals surface area contributed by atoms with Gasteiger partial charge in [-0.25, -0.2) is 0 Å². The van der Waals surface area contributed by atoms with Gasteiger partial charge in [0.25, 0.3) is 0 Å².